The van der Waals surface area contributed by atoms with E-state index in [1.165, 1.54) is 28.8 Å². The summed E-state index contributed by atoms with van der Waals surface area (Å²) in [5.41, 5.74) is 3.08. The summed E-state index contributed by atoms with van der Waals surface area (Å²) < 4.78 is 0. The molecule has 86 valence electrons. The first-order chi connectivity index (χ1) is 8.21. The fraction of sp³-hybridized carbons (Fsp3) is 0.267. The first kappa shape index (κ1) is 10.7. The molecule has 0 N–H and O–H groups in total. The van der Waals surface area contributed by atoms with Gasteiger partial charge in [-0.15, -0.1) is 11.3 Å². The second-order valence-electron chi connectivity index (χ2n) is 4.96. The van der Waals surface area contributed by atoms with Gasteiger partial charge in [0.15, 0.2) is 6.29 Å². The highest BCUT2D eigenvalue weighted by atomic mass is 32.1. The van der Waals surface area contributed by atoms with Crippen molar-refractivity contribution in [2.75, 3.05) is 0 Å². The average molecular weight is 242 g/mol. The molecule has 0 bridgehead atoms. The zero-order chi connectivity index (χ0) is 11.9. The van der Waals surface area contributed by atoms with Gasteiger partial charge in [-0.2, -0.15) is 0 Å². The highest BCUT2D eigenvalue weighted by Crippen LogP contribution is 2.47. The molecule has 2 heteroatoms. The summed E-state index contributed by atoms with van der Waals surface area (Å²) in [5.74, 6) is 0. The fourth-order valence-electron chi connectivity index (χ4n) is 2.08. The minimum atomic E-state index is 0.432. The number of rotatable bonds is 3. The Morgan fingerprint density at radius 2 is 1.82 bits per heavy atom. The lowest BCUT2D eigenvalue weighted by molar-refractivity contribution is 0.112. The van der Waals surface area contributed by atoms with E-state index >= 15 is 0 Å². The molecule has 0 spiro atoms. The topological polar surface area (TPSA) is 17.1 Å². The summed E-state index contributed by atoms with van der Waals surface area (Å²) >= 11 is 1.55. The predicted molar refractivity (Wildman–Crippen MR) is 71.7 cm³/mol. The van der Waals surface area contributed by atoms with Gasteiger partial charge in [-0.05, 0) is 41.5 Å². The molecule has 0 unspecified atom stereocenters. The molecule has 2 aromatic rings. The van der Waals surface area contributed by atoms with Gasteiger partial charge in [0.1, 0.15) is 0 Å². The Morgan fingerprint density at radius 1 is 1.12 bits per heavy atom. The largest absolute Gasteiger partial charge is 0.297 e. The maximum atomic E-state index is 10.7. The van der Waals surface area contributed by atoms with Crippen molar-refractivity contribution in [3.8, 4) is 10.4 Å². The number of hydrogen-bond acceptors (Lipinski definition) is 2. The van der Waals surface area contributed by atoms with Crippen molar-refractivity contribution in [1.29, 1.82) is 0 Å². The number of carbonyl (C=O) groups excluding carboxylic acids is 1. The van der Waals surface area contributed by atoms with Crippen molar-refractivity contribution in [3.63, 3.8) is 0 Å². The van der Waals surface area contributed by atoms with Crippen LogP contribution < -0.4 is 0 Å². The zero-order valence-electron chi connectivity index (χ0n) is 9.77. The second-order valence-corrected chi connectivity index (χ2v) is 6.07. The number of carbonyl (C=O) groups is 1. The fourth-order valence-corrected chi connectivity index (χ4v) is 2.91. The number of hydrogen-bond donors (Lipinski definition) is 0. The standard InChI is InChI=1S/C15H14OS/c1-15(8-9-15)12-4-2-11(3-5-12)14-7-6-13(10-16)17-14/h2-7,10H,8-9H2,1H3. The molecular weight excluding hydrogens is 228 g/mol. The van der Waals surface area contributed by atoms with Crippen LogP contribution in [-0.4, -0.2) is 6.29 Å². The monoisotopic (exact) mass is 242 g/mol. The molecule has 1 aromatic heterocycles. The van der Waals surface area contributed by atoms with E-state index in [0.717, 1.165) is 11.2 Å². The minimum Gasteiger partial charge on any atom is -0.297 e. The summed E-state index contributed by atoms with van der Waals surface area (Å²) in [6.45, 7) is 2.32. The van der Waals surface area contributed by atoms with Crippen LogP contribution in [0.15, 0.2) is 36.4 Å². The van der Waals surface area contributed by atoms with E-state index in [2.05, 4.69) is 31.2 Å². The van der Waals surface area contributed by atoms with Crippen LogP contribution in [0, 0.1) is 0 Å². The molecule has 1 aromatic carbocycles. The molecule has 0 saturated heterocycles. The molecule has 0 aliphatic heterocycles. The van der Waals surface area contributed by atoms with Crippen LogP contribution in [0.1, 0.15) is 35.0 Å². The summed E-state index contributed by atoms with van der Waals surface area (Å²) in [6.07, 6.45) is 3.52. The molecule has 1 fully saturated rings. The molecule has 0 radical (unpaired) electrons. The van der Waals surface area contributed by atoms with Crippen LogP contribution in [0.25, 0.3) is 10.4 Å². The smallest absolute Gasteiger partial charge is 0.160 e. The van der Waals surface area contributed by atoms with Crippen molar-refractivity contribution in [2.24, 2.45) is 0 Å². The normalized spacial score (nSPS) is 16.8. The van der Waals surface area contributed by atoms with Crippen molar-refractivity contribution in [2.45, 2.75) is 25.2 Å². The van der Waals surface area contributed by atoms with E-state index in [9.17, 15) is 4.79 Å². The molecule has 1 heterocycles. The Balaban J connectivity index is 1.91. The molecule has 3 rings (SSSR count). The van der Waals surface area contributed by atoms with Crippen molar-refractivity contribution in [1.82, 2.24) is 0 Å². The van der Waals surface area contributed by atoms with E-state index in [-0.39, 0.29) is 0 Å². The average Bonchev–Trinajstić information content (AvgIpc) is 2.95. The number of aldehydes is 1. The summed E-state index contributed by atoms with van der Waals surface area (Å²) in [6, 6.07) is 12.7. The first-order valence-electron chi connectivity index (χ1n) is 5.87. The van der Waals surface area contributed by atoms with Gasteiger partial charge in [-0.1, -0.05) is 31.2 Å². The van der Waals surface area contributed by atoms with Gasteiger partial charge < -0.3 is 0 Å². The Hall–Kier alpha value is -1.41. The van der Waals surface area contributed by atoms with Gasteiger partial charge in [-0.25, -0.2) is 0 Å². The van der Waals surface area contributed by atoms with E-state index in [1.54, 1.807) is 11.3 Å². The van der Waals surface area contributed by atoms with Gasteiger partial charge in [0.05, 0.1) is 4.88 Å². The van der Waals surface area contributed by atoms with Crippen molar-refractivity contribution in [3.05, 3.63) is 46.8 Å². The maximum Gasteiger partial charge on any atom is 0.160 e. The lowest BCUT2D eigenvalue weighted by Crippen LogP contribution is -1.98. The molecule has 1 aliphatic carbocycles. The molecular formula is C15H14OS. The van der Waals surface area contributed by atoms with Crippen LogP contribution in [0.3, 0.4) is 0 Å². The van der Waals surface area contributed by atoms with E-state index < -0.39 is 0 Å². The third-order valence-electron chi connectivity index (χ3n) is 3.61. The van der Waals surface area contributed by atoms with Gasteiger partial charge in [0, 0.05) is 4.88 Å². The van der Waals surface area contributed by atoms with Crippen LogP contribution in [0.5, 0.6) is 0 Å². The van der Waals surface area contributed by atoms with E-state index in [0.29, 0.717) is 5.41 Å². The lowest BCUT2D eigenvalue weighted by atomic mass is 9.97. The maximum absolute atomic E-state index is 10.7. The van der Waals surface area contributed by atoms with Gasteiger partial charge in [0.25, 0.3) is 0 Å². The summed E-state index contributed by atoms with van der Waals surface area (Å²) in [5, 5.41) is 0. The minimum absolute atomic E-state index is 0.432. The zero-order valence-corrected chi connectivity index (χ0v) is 10.6. The third-order valence-corrected chi connectivity index (χ3v) is 4.67. The van der Waals surface area contributed by atoms with E-state index in [4.69, 9.17) is 0 Å². The van der Waals surface area contributed by atoms with Crippen LogP contribution in [-0.2, 0) is 5.41 Å². The predicted octanol–water partition coefficient (Wildman–Crippen LogP) is 4.28. The van der Waals surface area contributed by atoms with E-state index in [1.807, 2.05) is 12.1 Å². The molecule has 0 amide bonds. The number of thiophene rings is 1. The van der Waals surface area contributed by atoms with Crippen LogP contribution >= 0.6 is 11.3 Å². The molecule has 0 atom stereocenters. The van der Waals surface area contributed by atoms with Crippen molar-refractivity contribution >= 4 is 17.6 Å². The Bertz CT molecular complexity index is 547. The van der Waals surface area contributed by atoms with Gasteiger partial charge in [0.2, 0.25) is 0 Å². The Labute approximate surface area is 105 Å². The second kappa shape index (κ2) is 3.81. The van der Waals surface area contributed by atoms with Gasteiger partial charge in [-0.3, -0.25) is 4.79 Å². The first-order valence-corrected chi connectivity index (χ1v) is 6.69. The van der Waals surface area contributed by atoms with Crippen molar-refractivity contribution < 1.29 is 4.79 Å². The molecule has 1 saturated carbocycles. The lowest BCUT2D eigenvalue weighted by Gasteiger charge is -2.08. The SMILES string of the molecule is CC1(c2ccc(-c3ccc(C=O)s3)cc2)CC1. The Kier molecular flexibility index (Phi) is 2.40. The molecule has 1 aliphatic rings. The van der Waals surface area contributed by atoms with Crippen LogP contribution in [0.2, 0.25) is 0 Å². The highest BCUT2D eigenvalue weighted by Gasteiger charge is 2.38. The molecule has 1 nitrogen and oxygen atoms in total. The highest BCUT2D eigenvalue weighted by molar-refractivity contribution is 7.17. The van der Waals surface area contributed by atoms with Crippen LogP contribution in [0.4, 0.5) is 0 Å². The molecule has 17 heavy (non-hydrogen) atoms. The van der Waals surface area contributed by atoms with Gasteiger partial charge >= 0.3 is 0 Å². The summed E-state index contributed by atoms with van der Waals surface area (Å²) in [4.78, 5) is 12.6. The Morgan fingerprint density at radius 3 is 2.35 bits per heavy atom. The summed E-state index contributed by atoms with van der Waals surface area (Å²) in [7, 11) is 0. The number of benzene rings is 1. The quantitative estimate of drug-likeness (QED) is 0.734. The third kappa shape index (κ3) is 1.93.